The van der Waals surface area contributed by atoms with Crippen LogP contribution in [-0.4, -0.2) is 0 Å². The maximum atomic E-state index is 6.15. The lowest BCUT2D eigenvalue weighted by Crippen LogP contribution is -1.94. The van der Waals surface area contributed by atoms with Crippen LogP contribution in [0.4, 0.5) is 0 Å². The van der Waals surface area contributed by atoms with E-state index in [1.165, 1.54) is 11.3 Å². The van der Waals surface area contributed by atoms with Crippen molar-refractivity contribution in [3.63, 3.8) is 0 Å². The van der Waals surface area contributed by atoms with Crippen LogP contribution in [0.15, 0.2) is 24.3 Å². The molecule has 1 heterocycles. The van der Waals surface area contributed by atoms with Crippen molar-refractivity contribution in [2.75, 3.05) is 0 Å². The molecule has 0 aliphatic carbocycles. The minimum absolute atomic E-state index is 0.0380. The Hall–Kier alpha value is 0.270. The Balaban J connectivity index is 2.43. The van der Waals surface area contributed by atoms with Crippen molar-refractivity contribution in [1.29, 1.82) is 0 Å². The molecule has 0 nitrogen and oxygen atoms in total. The Morgan fingerprint density at radius 1 is 1.12 bits per heavy atom. The van der Waals surface area contributed by atoms with Crippen molar-refractivity contribution < 1.29 is 0 Å². The average molecular weight is 371 g/mol. The summed E-state index contributed by atoms with van der Waals surface area (Å²) >= 11 is 23.1. The molecule has 0 aliphatic rings. The first kappa shape index (κ1) is 13.7. The molecule has 17 heavy (non-hydrogen) atoms. The molecule has 2 rings (SSSR count). The molecule has 1 atom stereocenters. The second-order valence-corrected chi connectivity index (χ2v) is 7.28. The van der Waals surface area contributed by atoms with E-state index in [0.717, 1.165) is 21.7 Å². The average Bonchev–Trinajstić information content (AvgIpc) is 2.57. The van der Waals surface area contributed by atoms with Crippen molar-refractivity contribution in [3.05, 3.63) is 54.7 Å². The van der Waals surface area contributed by atoms with Gasteiger partial charge in [-0.05, 0) is 36.2 Å². The first-order chi connectivity index (χ1) is 7.99. The number of hydrogen-bond donors (Lipinski definition) is 0. The number of alkyl halides is 1. The molecule has 0 bridgehead atoms. The van der Waals surface area contributed by atoms with Gasteiger partial charge in [0.05, 0.1) is 13.5 Å². The van der Waals surface area contributed by atoms with Crippen LogP contribution in [0, 0.1) is 6.92 Å². The quantitative estimate of drug-likeness (QED) is 0.529. The van der Waals surface area contributed by atoms with Crippen LogP contribution in [0.25, 0.3) is 0 Å². The number of aryl methyl sites for hydroxylation is 1. The van der Waals surface area contributed by atoms with E-state index in [-0.39, 0.29) is 4.83 Å². The van der Waals surface area contributed by atoms with Crippen LogP contribution in [0.2, 0.25) is 13.7 Å². The molecule has 0 radical (unpaired) electrons. The molecule has 1 aromatic heterocycles. The fourth-order valence-corrected chi connectivity index (χ4v) is 4.53. The van der Waals surface area contributed by atoms with Gasteiger partial charge in [0.1, 0.15) is 0 Å². The fourth-order valence-electron chi connectivity index (χ4n) is 1.62. The summed E-state index contributed by atoms with van der Waals surface area (Å²) < 4.78 is 1.41. The lowest BCUT2D eigenvalue weighted by Gasteiger charge is -2.12. The summed E-state index contributed by atoms with van der Waals surface area (Å²) in [7, 11) is 0. The normalized spacial score (nSPS) is 12.8. The predicted octanol–water partition coefficient (Wildman–Crippen LogP) is 6.50. The van der Waals surface area contributed by atoms with Gasteiger partial charge >= 0.3 is 0 Å². The lowest BCUT2D eigenvalue weighted by atomic mass is 10.0. The molecule has 90 valence electrons. The maximum Gasteiger partial charge on any atom is 0.0990 e. The zero-order chi connectivity index (χ0) is 12.6. The number of rotatable bonds is 2. The van der Waals surface area contributed by atoms with Gasteiger partial charge < -0.3 is 0 Å². The van der Waals surface area contributed by atoms with Crippen molar-refractivity contribution in [2.45, 2.75) is 11.8 Å². The Kier molecular flexibility index (Phi) is 4.43. The summed E-state index contributed by atoms with van der Waals surface area (Å²) in [5, 5.41) is 0.736. The highest BCUT2D eigenvalue weighted by atomic mass is 79.9. The molecule has 0 amide bonds. The molecule has 1 unspecified atom stereocenters. The summed E-state index contributed by atoms with van der Waals surface area (Å²) in [6, 6.07) is 7.70. The second-order valence-electron chi connectivity index (χ2n) is 3.64. The summed E-state index contributed by atoms with van der Waals surface area (Å²) in [6.07, 6.45) is 0. The van der Waals surface area contributed by atoms with Crippen LogP contribution in [0.5, 0.6) is 0 Å². The molecule has 0 N–H and O–H groups in total. The highest BCUT2D eigenvalue weighted by molar-refractivity contribution is 9.09. The van der Waals surface area contributed by atoms with E-state index in [9.17, 15) is 0 Å². The van der Waals surface area contributed by atoms with Crippen molar-refractivity contribution >= 4 is 62.1 Å². The molecular weight excluding hydrogens is 362 g/mol. The van der Waals surface area contributed by atoms with Crippen LogP contribution in [-0.2, 0) is 0 Å². The lowest BCUT2D eigenvalue weighted by molar-refractivity contribution is 1.16. The third-order valence-corrected chi connectivity index (χ3v) is 5.20. The van der Waals surface area contributed by atoms with Gasteiger partial charge in [0.15, 0.2) is 0 Å². The number of thiophene rings is 1. The highest BCUT2D eigenvalue weighted by Gasteiger charge is 2.18. The van der Waals surface area contributed by atoms with Gasteiger partial charge in [0.2, 0.25) is 0 Å². The first-order valence-corrected chi connectivity index (χ1v) is 7.70. The summed E-state index contributed by atoms with van der Waals surface area (Å²) in [6.45, 7) is 2.03. The van der Waals surface area contributed by atoms with Gasteiger partial charge in [-0.15, -0.1) is 11.3 Å². The van der Waals surface area contributed by atoms with Crippen LogP contribution >= 0.6 is 62.1 Å². The standard InChI is InChI=1S/C12H8BrCl3S/c1-6-4-7(14)2-3-8(6)11(13)9-5-10(15)17-12(9)16/h2-5,11H,1H3. The Labute approximate surface area is 128 Å². The van der Waals surface area contributed by atoms with E-state index in [4.69, 9.17) is 34.8 Å². The van der Waals surface area contributed by atoms with E-state index in [1.54, 1.807) is 0 Å². The molecule has 0 saturated carbocycles. The van der Waals surface area contributed by atoms with E-state index in [0.29, 0.717) is 8.67 Å². The third kappa shape index (κ3) is 2.99. The zero-order valence-electron chi connectivity index (χ0n) is 8.81. The van der Waals surface area contributed by atoms with Gasteiger partial charge in [-0.2, -0.15) is 0 Å². The second kappa shape index (κ2) is 5.50. The highest BCUT2D eigenvalue weighted by Crippen LogP contribution is 2.42. The van der Waals surface area contributed by atoms with Gasteiger partial charge in [0.25, 0.3) is 0 Å². The van der Waals surface area contributed by atoms with Crippen molar-refractivity contribution in [2.24, 2.45) is 0 Å². The molecule has 0 aliphatic heterocycles. The van der Waals surface area contributed by atoms with Crippen LogP contribution in [0.3, 0.4) is 0 Å². The smallest absolute Gasteiger partial charge is 0.0990 e. The number of hydrogen-bond acceptors (Lipinski definition) is 1. The van der Waals surface area contributed by atoms with Gasteiger partial charge in [-0.25, -0.2) is 0 Å². The predicted molar refractivity (Wildman–Crippen MR) is 81.3 cm³/mol. The fraction of sp³-hybridized carbons (Fsp3) is 0.167. The van der Waals surface area contributed by atoms with E-state index < -0.39 is 0 Å². The Morgan fingerprint density at radius 2 is 1.82 bits per heavy atom. The third-order valence-electron chi connectivity index (χ3n) is 2.46. The Morgan fingerprint density at radius 3 is 2.35 bits per heavy atom. The van der Waals surface area contributed by atoms with Crippen molar-refractivity contribution in [1.82, 2.24) is 0 Å². The molecule has 0 saturated heterocycles. The minimum atomic E-state index is 0.0380. The molecule has 1 aromatic carbocycles. The largest absolute Gasteiger partial charge is 0.111 e. The number of benzene rings is 1. The maximum absolute atomic E-state index is 6.15. The molecule has 0 spiro atoms. The van der Waals surface area contributed by atoms with Crippen LogP contribution in [0.1, 0.15) is 21.5 Å². The topological polar surface area (TPSA) is 0 Å². The van der Waals surface area contributed by atoms with Gasteiger partial charge in [-0.1, -0.05) is 56.8 Å². The van der Waals surface area contributed by atoms with Gasteiger partial charge in [-0.3, -0.25) is 0 Å². The summed E-state index contributed by atoms with van der Waals surface area (Å²) in [5.41, 5.74) is 3.26. The first-order valence-electron chi connectivity index (χ1n) is 4.84. The zero-order valence-corrected chi connectivity index (χ0v) is 13.5. The minimum Gasteiger partial charge on any atom is -0.111 e. The molecule has 2 aromatic rings. The van der Waals surface area contributed by atoms with Crippen LogP contribution < -0.4 is 0 Å². The summed E-state index contributed by atoms with van der Waals surface area (Å²) in [5.74, 6) is 0. The van der Waals surface area contributed by atoms with E-state index in [2.05, 4.69) is 15.9 Å². The molecule has 5 heteroatoms. The van der Waals surface area contributed by atoms with E-state index >= 15 is 0 Å². The van der Waals surface area contributed by atoms with Gasteiger partial charge in [0, 0.05) is 10.6 Å². The molecular formula is C12H8BrCl3S. The van der Waals surface area contributed by atoms with Crippen molar-refractivity contribution in [3.8, 4) is 0 Å². The SMILES string of the molecule is Cc1cc(Cl)ccc1C(Br)c1cc(Cl)sc1Cl. The molecule has 0 fully saturated rings. The van der Waals surface area contributed by atoms with E-state index in [1.807, 2.05) is 31.2 Å². The summed E-state index contributed by atoms with van der Waals surface area (Å²) in [4.78, 5) is 0.0380. The number of halogens is 4. The monoisotopic (exact) mass is 368 g/mol. The Bertz CT molecular complexity index is 551.